The van der Waals surface area contributed by atoms with Crippen LogP contribution in [-0.4, -0.2) is 35.2 Å². The quantitative estimate of drug-likeness (QED) is 0.644. The van der Waals surface area contributed by atoms with E-state index in [2.05, 4.69) is 17.3 Å². The molecule has 0 spiro atoms. The third-order valence-corrected chi connectivity index (χ3v) is 5.98. The number of carbonyl (C=O) groups excluding carboxylic acids is 2. The fourth-order valence-corrected chi connectivity index (χ4v) is 4.25. The van der Waals surface area contributed by atoms with Crippen molar-refractivity contribution in [2.45, 2.75) is 33.1 Å². The molecule has 0 radical (unpaired) electrons. The van der Waals surface area contributed by atoms with E-state index in [9.17, 15) is 9.59 Å². The summed E-state index contributed by atoms with van der Waals surface area (Å²) in [5, 5.41) is 8.48. The van der Waals surface area contributed by atoms with Crippen LogP contribution in [0, 0.1) is 13.8 Å². The molecule has 2 aromatic rings. The summed E-state index contributed by atoms with van der Waals surface area (Å²) < 4.78 is 11.5. The van der Waals surface area contributed by atoms with Gasteiger partial charge in [0, 0.05) is 13.8 Å². The fraction of sp³-hybridized carbons (Fsp3) is 0.318. The van der Waals surface area contributed by atoms with Crippen molar-refractivity contribution < 1.29 is 19.1 Å². The number of ether oxygens (including phenoxy) is 2. The summed E-state index contributed by atoms with van der Waals surface area (Å²) in [5.74, 6) is 0.832. The lowest BCUT2D eigenvalue weighted by molar-refractivity contribution is -0.129. The van der Waals surface area contributed by atoms with E-state index < -0.39 is 5.37 Å². The summed E-state index contributed by atoms with van der Waals surface area (Å²) in [6.45, 7) is 7.62. The second kappa shape index (κ2) is 10.1. The average molecular weight is 462 g/mol. The Bertz CT molecular complexity index is 1030. The van der Waals surface area contributed by atoms with Crippen LogP contribution in [0.3, 0.4) is 0 Å². The topological polar surface area (TPSA) is 80.2 Å². The van der Waals surface area contributed by atoms with E-state index in [1.54, 1.807) is 12.1 Å². The number of amidine groups is 1. The van der Waals surface area contributed by atoms with E-state index in [0.717, 1.165) is 11.3 Å². The van der Waals surface area contributed by atoms with Crippen LogP contribution < -0.4 is 14.8 Å². The van der Waals surface area contributed by atoms with E-state index in [1.807, 2.05) is 31.2 Å². The highest BCUT2D eigenvalue weighted by Gasteiger charge is 2.32. The average Bonchev–Trinajstić information content (AvgIpc) is 3.12. The van der Waals surface area contributed by atoms with Crippen LogP contribution >= 0.6 is 23.4 Å². The van der Waals surface area contributed by atoms with Crippen LogP contribution in [0.2, 0.25) is 5.02 Å². The van der Waals surface area contributed by atoms with Gasteiger partial charge in [-0.1, -0.05) is 35.5 Å². The molecule has 1 aliphatic rings. The van der Waals surface area contributed by atoms with Crippen LogP contribution in [-0.2, 0) is 9.59 Å². The van der Waals surface area contributed by atoms with E-state index in [4.69, 9.17) is 21.1 Å². The number of amides is 2. The summed E-state index contributed by atoms with van der Waals surface area (Å²) in [5.41, 5.74) is 3.16. The second-order valence-electron chi connectivity index (χ2n) is 7.05. The lowest BCUT2D eigenvalue weighted by atomic mass is 10.1. The van der Waals surface area contributed by atoms with Gasteiger partial charge in [0.2, 0.25) is 11.8 Å². The van der Waals surface area contributed by atoms with E-state index in [1.165, 1.54) is 41.7 Å². The molecule has 9 heteroatoms. The molecule has 0 bridgehead atoms. The number of hydrogen-bond acceptors (Lipinski definition) is 6. The molecule has 1 aliphatic heterocycles. The molecule has 1 atom stereocenters. The molecular weight excluding hydrogens is 438 g/mol. The van der Waals surface area contributed by atoms with Gasteiger partial charge in [0.1, 0.15) is 30.1 Å². The minimum atomic E-state index is -0.418. The van der Waals surface area contributed by atoms with Crippen LogP contribution in [0.5, 0.6) is 11.5 Å². The standard InChI is InChI=1S/C22H24ClN3O4S/c1-13-5-7-18(11-14(13)2)29-9-10-30-20-8-6-17(12-19(20)23)21-26(16(4)28)25-22(31-21)24-15(3)27/h5-8,11-12,21H,9-10H2,1-4H3,(H,24,25,27). The highest BCUT2D eigenvalue weighted by atomic mass is 35.5. The van der Waals surface area contributed by atoms with Gasteiger partial charge >= 0.3 is 0 Å². The Morgan fingerprint density at radius 3 is 2.48 bits per heavy atom. The maximum Gasteiger partial charge on any atom is 0.241 e. The molecule has 31 heavy (non-hydrogen) atoms. The van der Waals surface area contributed by atoms with Gasteiger partial charge < -0.3 is 14.8 Å². The SMILES string of the molecule is CC(=O)NC1=NN(C(C)=O)C(c2ccc(OCCOc3ccc(C)c(C)c3)c(Cl)c2)S1. The first-order valence-corrected chi connectivity index (χ1v) is 11.0. The van der Waals surface area contributed by atoms with Crippen molar-refractivity contribution in [1.82, 2.24) is 10.3 Å². The van der Waals surface area contributed by atoms with Gasteiger partial charge in [0.25, 0.3) is 0 Å². The molecule has 3 rings (SSSR count). The monoisotopic (exact) mass is 461 g/mol. The Balaban J connectivity index is 1.60. The Kier molecular flexibility index (Phi) is 7.46. The van der Waals surface area contributed by atoms with Crippen LogP contribution in [0.4, 0.5) is 0 Å². The van der Waals surface area contributed by atoms with Crippen molar-refractivity contribution in [2.24, 2.45) is 5.10 Å². The first-order chi connectivity index (χ1) is 14.7. The Hall–Kier alpha value is -2.71. The maximum atomic E-state index is 12.0. The minimum Gasteiger partial charge on any atom is -0.490 e. The number of hydrogen-bond donors (Lipinski definition) is 1. The van der Waals surface area contributed by atoms with Gasteiger partial charge in [-0.15, -0.1) is 5.10 Å². The third kappa shape index (κ3) is 5.92. The summed E-state index contributed by atoms with van der Waals surface area (Å²) in [6, 6.07) is 11.3. The molecular formula is C22H24ClN3O4S. The smallest absolute Gasteiger partial charge is 0.241 e. The van der Waals surface area contributed by atoms with Crippen LogP contribution in [0.1, 0.15) is 35.9 Å². The lowest BCUT2D eigenvalue weighted by Gasteiger charge is -2.20. The van der Waals surface area contributed by atoms with E-state index in [-0.39, 0.29) is 11.8 Å². The predicted molar refractivity (Wildman–Crippen MR) is 122 cm³/mol. The van der Waals surface area contributed by atoms with Gasteiger partial charge in [0.05, 0.1) is 5.02 Å². The van der Waals surface area contributed by atoms with Gasteiger partial charge in [-0.25, -0.2) is 5.01 Å². The number of nitrogens with one attached hydrogen (secondary N) is 1. The van der Waals surface area contributed by atoms with Gasteiger partial charge in [0.15, 0.2) is 5.17 Å². The largest absolute Gasteiger partial charge is 0.490 e. The predicted octanol–water partition coefficient (Wildman–Crippen LogP) is 4.42. The van der Waals surface area contributed by atoms with Crippen molar-refractivity contribution in [3.63, 3.8) is 0 Å². The number of thioether (sulfide) groups is 1. The zero-order valence-electron chi connectivity index (χ0n) is 17.8. The van der Waals surface area contributed by atoms with Gasteiger partial charge in [-0.05, 0) is 54.8 Å². The van der Waals surface area contributed by atoms with Crippen molar-refractivity contribution in [3.05, 3.63) is 58.1 Å². The molecule has 0 saturated carbocycles. The Morgan fingerprint density at radius 2 is 1.84 bits per heavy atom. The minimum absolute atomic E-state index is 0.238. The van der Waals surface area contributed by atoms with Crippen LogP contribution in [0.15, 0.2) is 41.5 Å². The van der Waals surface area contributed by atoms with Gasteiger partial charge in [-0.2, -0.15) is 0 Å². The molecule has 1 unspecified atom stereocenters. The number of carbonyl (C=O) groups is 2. The van der Waals surface area contributed by atoms with E-state index in [0.29, 0.717) is 29.2 Å². The lowest BCUT2D eigenvalue weighted by Crippen LogP contribution is -2.25. The zero-order chi connectivity index (χ0) is 22.5. The summed E-state index contributed by atoms with van der Waals surface area (Å²) >= 11 is 7.67. The summed E-state index contributed by atoms with van der Waals surface area (Å²) in [7, 11) is 0. The molecule has 1 heterocycles. The van der Waals surface area contributed by atoms with Gasteiger partial charge in [-0.3, -0.25) is 9.59 Å². The number of nitrogens with zero attached hydrogens (tertiary/aromatic N) is 2. The Morgan fingerprint density at radius 1 is 1.10 bits per heavy atom. The highest BCUT2D eigenvalue weighted by molar-refractivity contribution is 8.14. The number of rotatable bonds is 6. The third-order valence-electron chi connectivity index (χ3n) is 4.58. The van der Waals surface area contributed by atoms with Crippen LogP contribution in [0.25, 0.3) is 0 Å². The normalized spacial score (nSPS) is 15.5. The molecule has 1 N–H and O–H groups in total. The zero-order valence-corrected chi connectivity index (χ0v) is 19.3. The second-order valence-corrected chi connectivity index (χ2v) is 8.53. The fourth-order valence-electron chi connectivity index (χ4n) is 2.88. The molecule has 2 aromatic carbocycles. The number of aryl methyl sites for hydroxylation is 2. The molecule has 7 nitrogen and oxygen atoms in total. The van der Waals surface area contributed by atoms with Crippen molar-refractivity contribution in [2.75, 3.05) is 13.2 Å². The van der Waals surface area contributed by atoms with Crippen molar-refractivity contribution in [3.8, 4) is 11.5 Å². The molecule has 2 amide bonds. The molecule has 0 aliphatic carbocycles. The molecule has 0 saturated heterocycles. The molecule has 0 fully saturated rings. The summed E-state index contributed by atoms with van der Waals surface area (Å²) in [6.07, 6.45) is 0. The first-order valence-electron chi connectivity index (χ1n) is 9.69. The van der Waals surface area contributed by atoms with Crippen molar-refractivity contribution in [1.29, 1.82) is 0 Å². The highest BCUT2D eigenvalue weighted by Crippen LogP contribution is 2.40. The van der Waals surface area contributed by atoms with Crippen molar-refractivity contribution >= 4 is 40.3 Å². The molecule has 164 valence electrons. The Labute approximate surface area is 190 Å². The molecule has 0 aromatic heterocycles. The first kappa shape index (κ1) is 23.0. The number of hydrazone groups is 1. The number of halogens is 1. The number of benzene rings is 2. The summed E-state index contributed by atoms with van der Waals surface area (Å²) in [4.78, 5) is 23.3. The maximum absolute atomic E-state index is 12.0. The van der Waals surface area contributed by atoms with E-state index >= 15 is 0 Å².